The van der Waals surface area contributed by atoms with Crippen molar-refractivity contribution in [3.63, 3.8) is 0 Å². The van der Waals surface area contributed by atoms with Crippen molar-refractivity contribution in [1.29, 1.82) is 0 Å². The maximum absolute atomic E-state index is 10.9. The van der Waals surface area contributed by atoms with Crippen molar-refractivity contribution >= 4 is 16.9 Å². The van der Waals surface area contributed by atoms with Gasteiger partial charge in [-0.3, -0.25) is 9.59 Å². The van der Waals surface area contributed by atoms with Crippen LogP contribution >= 0.6 is 0 Å². The molecule has 14 heavy (non-hydrogen) atoms. The lowest BCUT2D eigenvalue weighted by molar-refractivity contribution is 0.100. The van der Waals surface area contributed by atoms with E-state index in [0.717, 1.165) is 6.20 Å². The predicted octanol–water partition coefficient (Wildman–Crippen LogP) is -0.0843. The zero-order valence-electron chi connectivity index (χ0n) is 7.31. The number of rotatable bonds is 1. The van der Waals surface area contributed by atoms with Crippen LogP contribution in [0.1, 0.15) is 17.5 Å². The first-order valence-corrected chi connectivity index (χ1v) is 3.90. The van der Waals surface area contributed by atoms with Gasteiger partial charge in [-0.2, -0.15) is 0 Å². The van der Waals surface area contributed by atoms with Crippen molar-refractivity contribution in [2.45, 2.75) is 6.92 Å². The molecular weight excluding hydrogens is 184 g/mol. The van der Waals surface area contributed by atoms with E-state index in [1.165, 1.54) is 13.1 Å². The Morgan fingerprint density at radius 2 is 2.14 bits per heavy atom. The molecule has 0 fully saturated rings. The Morgan fingerprint density at radius 3 is 2.86 bits per heavy atom. The van der Waals surface area contributed by atoms with Crippen molar-refractivity contribution in [2.75, 3.05) is 0 Å². The summed E-state index contributed by atoms with van der Waals surface area (Å²) >= 11 is 0. The highest BCUT2D eigenvalue weighted by Crippen LogP contribution is 2.01. The van der Waals surface area contributed by atoms with Gasteiger partial charge < -0.3 is 4.98 Å². The number of carbonyl (C=O) groups is 1. The number of aromatic nitrogens is 4. The third-order valence-electron chi connectivity index (χ3n) is 1.65. The number of fused-ring (bicyclic) bond motifs is 1. The molecule has 0 spiro atoms. The van der Waals surface area contributed by atoms with Gasteiger partial charge in [0.2, 0.25) is 0 Å². The number of hydrogen-bond donors (Lipinski definition) is 1. The topological polar surface area (TPSA) is 88.6 Å². The van der Waals surface area contributed by atoms with Crippen molar-refractivity contribution in [1.82, 2.24) is 19.9 Å². The summed E-state index contributed by atoms with van der Waals surface area (Å²) in [5.41, 5.74) is 0.373. The molecule has 0 amide bonds. The van der Waals surface area contributed by atoms with E-state index in [9.17, 15) is 9.59 Å². The fourth-order valence-electron chi connectivity index (χ4n) is 1.01. The molecular formula is C8H6N4O2. The minimum Gasteiger partial charge on any atom is -0.304 e. The first kappa shape index (κ1) is 8.49. The van der Waals surface area contributed by atoms with E-state index in [2.05, 4.69) is 19.9 Å². The number of Topliss-reactive ketones (excluding diaryl/α,β-unsaturated/α-hetero) is 1. The van der Waals surface area contributed by atoms with Crippen LogP contribution in [0.4, 0.5) is 0 Å². The van der Waals surface area contributed by atoms with Crippen molar-refractivity contribution < 1.29 is 4.79 Å². The number of nitrogens with one attached hydrogen (secondary N) is 1. The molecule has 0 radical (unpaired) electrons. The van der Waals surface area contributed by atoms with Crippen LogP contribution in [-0.4, -0.2) is 25.7 Å². The SMILES string of the molecule is CC(=O)c1ncc2ncc(=O)[nH]c2n1. The fourth-order valence-corrected chi connectivity index (χ4v) is 1.01. The number of aromatic amines is 1. The summed E-state index contributed by atoms with van der Waals surface area (Å²) in [5, 5.41) is 0. The van der Waals surface area contributed by atoms with E-state index in [1.807, 2.05) is 0 Å². The average Bonchev–Trinajstić information content (AvgIpc) is 2.16. The second-order valence-electron chi connectivity index (χ2n) is 2.73. The van der Waals surface area contributed by atoms with E-state index in [-0.39, 0.29) is 22.8 Å². The molecule has 2 heterocycles. The maximum Gasteiger partial charge on any atom is 0.268 e. The van der Waals surface area contributed by atoms with Crippen LogP contribution in [0.3, 0.4) is 0 Å². The molecule has 0 saturated carbocycles. The van der Waals surface area contributed by atoms with Gasteiger partial charge in [-0.1, -0.05) is 0 Å². The Morgan fingerprint density at radius 1 is 1.36 bits per heavy atom. The normalized spacial score (nSPS) is 10.4. The van der Waals surface area contributed by atoms with Gasteiger partial charge in [-0.15, -0.1) is 0 Å². The molecule has 2 aromatic heterocycles. The molecule has 0 saturated heterocycles. The fraction of sp³-hybridized carbons (Fsp3) is 0.125. The standard InChI is InChI=1S/C8H6N4O2/c1-4(13)7-10-2-5-8(12-7)11-6(14)3-9-5/h2-3H,1H3,(H,10,11,12,14). The van der Waals surface area contributed by atoms with Gasteiger partial charge in [0.05, 0.1) is 12.4 Å². The number of H-pyrrole nitrogens is 1. The lowest BCUT2D eigenvalue weighted by Crippen LogP contribution is -2.09. The van der Waals surface area contributed by atoms with Crippen LogP contribution in [0.5, 0.6) is 0 Å². The van der Waals surface area contributed by atoms with Gasteiger partial charge in [-0.25, -0.2) is 15.0 Å². The molecule has 2 rings (SSSR count). The molecule has 0 atom stereocenters. The molecule has 6 nitrogen and oxygen atoms in total. The summed E-state index contributed by atoms with van der Waals surface area (Å²) in [6.07, 6.45) is 2.54. The quantitative estimate of drug-likeness (QED) is 0.635. The molecule has 0 unspecified atom stereocenters. The van der Waals surface area contributed by atoms with Gasteiger partial charge in [-0.05, 0) is 0 Å². The first-order valence-electron chi connectivity index (χ1n) is 3.90. The largest absolute Gasteiger partial charge is 0.304 e. The zero-order chi connectivity index (χ0) is 10.1. The van der Waals surface area contributed by atoms with Crippen LogP contribution in [0.25, 0.3) is 11.2 Å². The van der Waals surface area contributed by atoms with Gasteiger partial charge in [0.1, 0.15) is 5.52 Å². The molecule has 1 N–H and O–H groups in total. The highest BCUT2D eigenvalue weighted by molar-refractivity contribution is 5.91. The Hall–Kier alpha value is -2.11. The van der Waals surface area contributed by atoms with Gasteiger partial charge in [0.25, 0.3) is 5.56 Å². The molecule has 0 aliphatic rings. The van der Waals surface area contributed by atoms with Crippen LogP contribution < -0.4 is 5.56 Å². The number of nitrogens with zero attached hydrogens (tertiary/aromatic N) is 3. The van der Waals surface area contributed by atoms with Gasteiger partial charge in [0, 0.05) is 6.92 Å². The second-order valence-corrected chi connectivity index (χ2v) is 2.73. The van der Waals surface area contributed by atoms with Gasteiger partial charge in [0.15, 0.2) is 17.3 Å². The van der Waals surface area contributed by atoms with E-state index >= 15 is 0 Å². The number of hydrogen-bond acceptors (Lipinski definition) is 5. The minimum atomic E-state index is -0.356. The second kappa shape index (κ2) is 2.99. The van der Waals surface area contributed by atoms with E-state index in [4.69, 9.17) is 0 Å². The Bertz CT molecular complexity index is 561. The monoisotopic (exact) mass is 190 g/mol. The molecule has 2 aromatic rings. The molecule has 0 aliphatic carbocycles. The molecule has 0 aliphatic heterocycles. The van der Waals surface area contributed by atoms with Crippen molar-refractivity contribution in [3.05, 3.63) is 28.6 Å². The average molecular weight is 190 g/mol. The smallest absolute Gasteiger partial charge is 0.268 e. The van der Waals surface area contributed by atoms with Crippen molar-refractivity contribution in [3.8, 4) is 0 Å². The third kappa shape index (κ3) is 1.37. The Kier molecular flexibility index (Phi) is 1.81. The third-order valence-corrected chi connectivity index (χ3v) is 1.65. The predicted molar refractivity (Wildman–Crippen MR) is 48.0 cm³/mol. The Labute approximate surface area is 78.0 Å². The van der Waals surface area contributed by atoms with Crippen LogP contribution in [0.15, 0.2) is 17.2 Å². The van der Waals surface area contributed by atoms with E-state index in [1.54, 1.807) is 0 Å². The summed E-state index contributed by atoms with van der Waals surface area (Å²) in [4.78, 5) is 35.8. The summed E-state index contributed by atoms with van der Waals surface area (Å²) in [5.74, 6) is -0.183. The first-order chi connectivity index (χ1) is 6.66. The van der Waals surface area contributed by atoms with E-state index < -0.39 is 0 Å². The molecule has 0 bridgehead atoms. The summed E-state index contributed by atoms with van der Waals surface area (Å²) < 4.78 is 0. The summed E-state index contributed by atoms with van der Waals surface area (Å²) in [6, 6.07) is 0. The maximum atomic E-state index is 10.9. The van der Waals surface area contributed by atoms with Crippen LogP contribution in [0, 0.1) is 0 Å². The molecule has 70 valence electrons. The number of carbonyl (C=O) groups excluding carboxylic acids is 1. The highest BCUT2D eigenvalue weighted by atomic mass is 16.1. The zero-order valence-corrected chi connectivity index (χ0v) is 7.31. The summed E-state index contributed by atoms with van der Waals surface area (Å²) in [6.45, 7) is 1.36. The lowest BCUT2D eigenvalue weighted by Gasteiger charge is -1.96. The molecule has 6 heteroatoms. The lowest BCUT2D eigenvalue weighted by atomic mass is 10.4. The van der Waals surface area contributed by atoms with Gasteiger partial charge >= 0.3 is 0 Å². The minimum absolute atomic E-state index is 0.0705. The summed E-state index contributed by atoms with van der Waals surface area (Å²) in [7, 11) is 0. The molecule has 0 aromatic carbocycles. The van der Waals surface area contributed by atoms with Crippen LogP contribution in [0.2, 0.25) is 0 Å². The Balaban J connectivity index is 2.75. The van der Waals surface area contributed by atoms with E-state index in [0.29, 0.717) is 5.52 Å². The highest BCUT2D eigenvalue weighted by Gasteiger charge is 2.05. The number of ketones is 1. The van der Waals surface area contributed by atoms with Crippen LogP contribution in [-0.2, 0) is 0 Å². The van der Waals surface area contributed by atoms with Crippen molar-refractivity contribution in [2.24, 2.45) is 0 Å².